The van der Waals surface area contributed by atoms with E-state index in [2.05, 4.69) is 20.9 Å². The largest absolute Gasteiger partial charge is 0.396 e. The zero-order chi connectivity index (χ0) is 16.8. The van der Waals surface area contributed by atoms with Gasteiger partial charge in [-0.15, -0.1) is 0 Å². The van der Waals surface area contributed by atoms with Gasteiger partial charge in [-0.2, -0.15) is 13.2 Å². The number of nitrogens with zero attached hydrogens (tertiary/aromatic N) is 2. The number of rotatable bonds is 4. The highest BCUT2D eigenvalue weighted by atomic mass is 79.9. The van der Waals surface area contributed by atoms with E-state index in [1.165, 1.54) is 12.1 Å². The second-order valence-corrected chi connectivity index (χ2v) is 6.76. The lowest BCUT2D eigenvalue weighted by Crippen LogP contribution is -2.28. The van der Waals surface area contributed by atoms with Gasteiger partial charge in [-0.25, -0.2) is 4.39 Å². The third-order valence-corrected chi connectivity index (χ3v) is 4.90. The van der Waals surface area contributed by atoms with Gasteiger partial charge in [0.15, 0.2) is 0 Å². The van der Waals surface area contributed by atoms with E-state index in [0.717, 1.165) is 0 Å². The molecule has 2 aromatic rings. The molecule has 0 amide bonds. The SMILES string of the molecule is CCN=Cc1cn(CC2(C(F)(F)F)CC2)c2cc(Br)c(F)cc12. The van der Waals surface area contributed by atoms with Gasteiger partial charge in [0, 0.05) is 36.5 Å². The average molecular weight is 391 g/mol. The van der Waals surface area contributed by atoms with Crippen LogP contribution in [-0.2, 0) is 6.54 Å². The van der Waals surface area contributed by atoms with Crippen LogP contribution in [0.5, 0.6) is 0 Å². The van der Waals surface area contributed by atoms with Gasteiger partial charge < -0.3 is 4.57 Å². The first-order chi connectivity index (χ1) is 10.8. The Balaban J connectivity index is 2.10. The van der Waals surface area contributed by atoms with Crippen LogP contribution in [0.1, 0.15) is 25.3 Å². The molecule has 3 rings (SSSR count). The van der Waals surface area contributed by atoms with E-state index in [0.29, 0.717) is 23.0 Å². The van der Waals surface area contributed by atoms with Gasteiger partial charge in [0.2, 0.25) is 0 Å². The minimum Gasteiger partial charge on any atom is -0.346 e. The van der Waals surface area contributed by atoms with E-state index in [4.69, 9.17) is 0 Å². The first-order valence-corrected chi connectivity index (χ1v) is 8.11. The summed E-state index contributed by atoms with van der Waals surface area (Å²) in [5, 5.41) is 0.570. The standard InChI is InChI=1S/C16H15BrF4N2/c1-2-22-7-10-8-23(9-15(3-4-15)16(19,20)21)14-6-12(17)13(18)5-11(10)14/h5-8H,2-4,9H2,1H3. The summed E-state index contributed by atoms with van der Waals surface area (Å²) < 4.78 is 55.3. The molecule has 1 aromatic heterocycles. The zero-order valence-corrected chi connectivity index (χ0v) is 14.0. The molecule has 1 saturated carbocycles. The van der Waals surface area contributed by atoms with Gasteiger partial charge in [-0.05, 0) is 47.8 Å². The number of hydrogen-bond acceptors (Lipinski definition) is 1. The van der Waals surface area contributed by atoms with Gasteiger partial charge in [-0.3, -0.25) is 4.99 Å². The third kappa shape index (κ3) is 2.91. The van der Waals surface area contributed by atoms with Crippen LogP contribution in [-0.4, -0.2) is 23.5 Å². The molecular weight excluding hydrogens is 376 g/mol. The maximum Gasteiger partial charge on any atom is 0.396 e. The van der Waals surface area contributed by atoms with Gasteiger partial charge >= 0.3 is 6.18 Å². The molecule has 0 saturated heterocycles. The topological polar surface area (TPSA) is 17.3 Å². The summed E-state index contributed by atoms with van der Waals surface area (Å²) in [6, 6.07) is 2.86. The molecule has 0 radical (unpaired) electrons. The number of halogens is 5. The van der Waals surface area contributed by atoms with Gasteiger partial charge in [-0.1, -0.05) is 0 Å². The normalized spacial score (nSPS) is 17.3. The summed E-state index contributed by atoms with van der Waals surface area (Å²) in [7, 11) is 0. The fourth-order valence-electron chi connectivity index (χ4n) is 2.74. The minimum atomic E-state index is -4.22. The van der Waals surface area contributed by atoms with Crippen LogP contribution >= 0.6 is 15.9 Å². The maximum absolute atomic E-state index is 13.8. The zero-order valence-electron chi connectivity index (χ0n) is 12.4. The summed E-state index contributed by atoms with van der Waals surface area (Å²) >= 11 is 3.10. The maximum atomic E-state index is 13.8. The number of hydrogen-bond donors (Lipinski definition) is 0. The van der Waals surface area contributed by atoms with Crippen LogP contribution in [0, 0.1) is 11.2 Å². The van der Waals surface area contributed by atoms with Crippen molar-refractivity contribution in [2.24, 2.45) is 10.4 Å². The number of benzene rings is 1. The smallest absolute Gasteiger partial charge is 0.346 e. The molecule has 1 aromatic carbocycles. The van der Waals surface area contributed by atoms with Crippen molar-refractivity contribution in [2.75, 3.05) is 6.54 Å². The number of fused-ring (bicyclic) bond motifs is 1. The number of aliphatic imine (C=N–C) groups is 1. The Morgan fingerprint density at radius 3 is 2.61 bits per heavy atom. The highest BCUT2D eigenvalue weighted by Gasteiger charge is 2.63. The average Bonchev–Trinajstić information content (AvgIpc) is 3.19. The number of alkyl halides is 3. The van der Waals surface area contributed by atoms with E-state index in [9.17, 15) is 17.6 Å². The van der Waals surface area contributed by atoms with E-state index in [1.807, 2.05) is 6.92 Å². The van der Waals surface area contributed by atoms with E-state index >= 15 is 0 Å². The molecule has 0 spiro atoms. The summed E-state index contributed by atoms with van der Waals surface area (Å²) in [6.45, 7) is 2.26. The molecule has 1 aliphatic carbocycles. The predicted molar refractivity (Wildman–Crippen MR) is 85.5 cm³/mol. The molecule has 124 valence electrons. The Hall–Kier alpha value is -1.37. The molecule has 2 nitrogen and oxygen atoms in total. The summed E-state index contributed by atoms with van der Waals surface area (Å²) in [5.74, 6) is -0.446. The monoisotopic (exact) mass is 390 g/mol. The van der Waals surface area contributed by atoms with Crippen LogP contribution < -0.4 is 0 Å². The van der Waals surface area contributed by atoms with Crippen molar-refractivity contribution in [3.63, 3.8) is 0 Å². The summed E-state index contributed by atoms with van der Waals surface area (Å²) in [6.07, 6.45) is -0.743. The molecule has 0 N–H and O–H groups in total. The summed E-state index contributed by atoms with van der Waals surface area (Å²) in [4.78, 5) is 4.12. The minimum absolute atomic E-state index is 0.136. The van der Waals surface area contributed by atoms with E-state index in [-0.39, 0.29) is 23.9 Å². The van der Waals surface area contributed by atoms with Crippen LogP contribution in [0.3, 0.4) is 0 Å². The van der Waals surface area contributed by atoms with Crippen LogP contribution in [0.4, 0.5) is 17.6 Å². The van der Waals surface area contributed by atoms with Crippen molar-refractivity contribution in [3.8, 4) is 0 Å². The van der Waals surface area contributed by atoms with Crippen molar-refractivity contribution >= 4 is 33.0 Å². The molecule has 1 fully saturated rings. The van der Waals surface area contributed by atoms with E-state index < -0.39 is 17.4 Å². The Morgan fingerprint density at radius 2 is 2.04 bits per heavy atom. The van der Waals surface area contributed by atoms with Crippen LogP contribution in [0.25, 0.3) is 10.9 Å². The third-order valence-electron chi connectivity index (χ3n) is 4.29. The lowest BCUT2D eigenvalue weighted by Gasteiger charge is -2.20. The Bertz CT molecular complexity index is 772. The Kier molecular flexibility index (Phi) is 4.02. The molecule has 7 heteroatoms. The van der Waals surface area contributed by atoms with Crippen molar-refractivity contribution in [3.05, 3.63) is 34.2 Å². The Morgan fingerprint density at radius 1 is 1.35 bits per heavy atom. The van der Waals surface area contributed by atoms with Crippen LogP contribution in [0.2, 0.25) is 0 Å². The van der Waals surface area contributed by atoms with Crippen molar-refractivity contribution in [2.45, 2.75) is 32.5 Å². The predicted octanol–water partition coefficient (Wildman–Crippen LogP) is 5.32. The van der Waals surface area contributed by atoms with Gasteiger partial charge in [0.1, 0.15) is 5.82 Å². The molecule has 0 bridgehead atoms. The molecule has 0 atom stereocenters. The summed E-state index contributed by atoms with van der Waals surface area (Å²) in [5.41, 5.74) is -0.448. The molecule has 0 aliphatic heterocycles. The van der Waals surface area contributed by atoms with Gasteiger partial charge in [0.25, 0.3) is 0 Å². The lowest BCUT2D eigenvalue weighted by molar-refractivity contribution is -0.190. The first-order valence-electron chi connectivity index (χ1n) is 7.32. The second-order valence-electron chi connectivity index (χ2n) is 5.90. The fourth-order valence-corrected chi connectivity index (χ4v) is 3.07. The van der Waals surface area contributed by atoms with Crippen molar-refractivity contribution in [1.29, 1.82) is 0 Å². The quantitative estimate of drug-likeness (QED) is 0.496. The molecule has 1 aliphatic rings. The highest BCUT2D eigenvalue weighted by Crippen LogP contribution is 2.58. The second kappa shape index (κ2) is 5.61. The molecule has 23 heavy (non-hydrogen) atoms. The van der Waals surface area contributed by atoms with Crippen molar-refractivity contribution in [1.82, 2.24) is 4.57 Å². The van der Waals surface area contributed by atoms with Crippen LogP contribution in [0.15, 0.2) is 27.8 Å². The first kappa shape index (κ1) is 16.5. The van der Waals surface area contributed by atoms with Crippen molar-refractivity contribution < 1.29 is 17.6 Å². The molecular formula is C16H15BrF4N2. The van der Waals surface area contributed by atoms with E-state index in [1.54, 1.807) is 17.0 Å². The molecule has 1 heterocycles. The Labute approximate surface area is 139 Å². The van der Waals surface area contributed by atoms with Gasteiger partial charge in [0.05, 0.1) is 15.4 Å². The fraction of sp³-hybridized carbons (Fsp3) is 0.438. The molecule has 0 unspecified atom stereocenters. The lowest BCUT2D eigenvalue weighted by atomic mass is 10.1. The highest BCUT2D eigenvalue weighted by molar-refractivity contribution is 9.10. The number of aromatic nitrogens is 1.